The van der Waals surface area contributed by atoms with E-state index < -0.39 is 0 Å². The average molecular weight is 200 g/mol. The van der Waals surface area contributed by atoms with Gasteiger partial charge in [0.15, 0.2) is 0 Å². The van der Waals surface area contributed by atoms with Crippen LogP contribution in [0.5, 0.6) is 0 Å². The Labute approximate surface area is 89.6 Å². The normalized spacial score (nSPS) is 13.9. The van der Waals surface area contributed by atoms with Crippen LogP contribution in [-0.2, 0) is 0 Å². The smallest absolute Gasteiger partial charge is 0.000600 e. The Kier molecular flexibility index (Phi) is 8.20. The third-order valence-electron chi connectivity index (χ3n) is 2.79. The molecular weight excluding hydrogens is 172 g/mol. The summed E-state index contributed by atoms with van der Waals surface area (Å²) >= 11 is 0. The summed E-state index contributed by atoms with van der Waals surface area (Å²) in [6.45, 7) is 12.1. The third kappa shape index (κ3) is 7.34. The minimum absolute atomic E-state index is 0.633. The number of nitrogens with two attached hydrogens (primary N) is 1. The van der Waals surface area contributed by atoms with Crippen LogP contribution in [0.1, 0.15) is 40.5 Å². The van der Waals surface area contributed by atoms with Gasteiger partial charge in [0.1, 0.15) is 0 Å². The Morgan fingerprint density at radius 2 is 1.79 bits per heavy atom. The molecule has 0 heterocycles. The second kappa shape index (κ2) is 8.25. The van der Waals surface area contributed by atoms with E-state index in [0.29, 0.717) is 11.8 Å². The monoisotopic (exact) mass is 200 g/mol. The first-order chi connectivity index (χ1) is 6.57. The van der Waals surface area contributed by atoms with Gasteiger partial charge >= 0.3 is 0 Å². The maximum absolute atomic E-state index is 5.70. The number of hydrogen-bond acceptors (Lipinski definition) is 2. The maximum Gasteiger partial charge on any atom is -0.000600 e. The van der Waals surface area contributed by atoms with Crippen LogP contribution in [0.3, 0.4) is 0 Å². The lowest BCUT2D eigenvalue weighted by atomic mass is 9.96. The molecule has 3 N–H and O–H groups in total. The van der Waals surface area contributed by atoms with E-state index in [-0.39, 0.29) is 0 Å². The summed E-state index contributed by atoms with van der Waals surface area (Å²) < 4.78 is 0. The molecule has 0 aromatic heterocycles. The van der Waals surface area contributed by atoms with Gasteiger partial charge in [-0.25, -0.2) is 0 Å². The molecule has 0 aliphatic carbocycles. The lowest BCUT2D eigenvalue weighted by Crippen LogP contribution is -2.32. The summed E-state index contributed by atoms with van der Waals surface area (Å²) in [6.07, 6.45) is 2.61. The average Bonchev–Trinajstić information content (AvgIpc) is 2.10. The summed E-state index contributed by atoms with van der Waals surface area (Å²) in [4.78, 5) is 0. The molecule has 86 valence electrons. The summed E-state index contributed by atoms with van der Waals surface area (Å²) in [5.41, 5.74) is 5.70. The van der Waals surface area contributed by atoms with Gasteiger partial charge in [-0.3, -0.25) is 0 Å². The van der Waals surface area contributed by atoms with E-state index in [4.69, 9.17) is 5.73 Å². The Morgan fingerprint density at radius 1 is 1.14 bits per heavy atom. The predicted octanol–water partition coefficient (Wildman–Crippen LogP) is 2.24. The van der Waals surface area contributed by atoms with Crippen LogP contribution in [0.25, 0.3) is 0 Å². The van der Waals surface area contributed by atoms with Crippen LogP contribution in [0.15, 0.2) is 0 Å². The van der Waals surface area contributed by atoms with Crippen molar-refractivity contribution in [3.8, 4) is 0 Å². The number of nitrogens with one attached hydrogen (secondary N) is 1. The Balaban J connectivity index is 3.33. The Morgan fingerprint density at radius 3 is 2.21 bits per heavy atom. The Bertz CT molecular complexity index is 121. The van der Waals surface area contributed by atoms with Crippen molar-refractivity contribution in [3.05, 3.63) is 0 Å². The molecule has 0 bridgehead atoms. The van der Waals surface area contributed by atoms with E-state index >= 15 is 0 Å². The second-order valence-corrected chi connectivity index (χ2v) is 4.98. The van der Waals surface area contributed by atoms with Crippen LogP contribution in [0, 0.1) is 17.8 Å². The van der Waals surface area contributed by atoms with E-state index in [2.05, 4.69) is 33.0 Å². The first-order valence-electron chi connectivity index (χ1n) is 5.98. The molecule has 0 rings (SSSR count). The molecule has 2 nitrogen and oxygen atoms in total. The minimum atomic E-state index is 0.633. The van der Waals surface area contributed by atoms with E-state index in [1.165, 1.54) is 12.8 Å². The molecule has 0 saturated carbocycles. The molecule has 0 aliphatic rings. The highest BCUT2D eigenvalue weighted by molar-refractivity contribution is 4.66. The molecule has 1 atom stereocenters. The highest BCUT2D eigenvalue weighted by Crippen LogP contribution is 2.07. The van der Waals surface area contributed by atoms with Crippen molar-refractivity contribution in [2.24, 2.45) is 23.5 Å². The molecule has 1 unspecified atom stereocenters. The van der Waals surface area contributed by atoms with Crippen molar-refractivity contribution in [3.63, 3.8) is 0 Å². The molecule has 0 saturated heterocycles. The van der Waals surface area contributed by atoms with Gasteiger partial charge in [0.2, 0.25) is 0 Å². The lowest BCUT2D eigenvalue weighted by Gasteiger charge is -2.19. The maximum atomic E-state index is 5.70. The van der Waals surface area contributed by atoms with Gasteiger partial charge in [-0.2, -0.15) is 0 Å². The number of rotatable bonds is 8. The highest BCUT2D eigenvalue weighted by Gasteiger charge is 2.09. The summed E-state index contributed by atoms with van der Waals surface area (Å²) in [6, 6.07) is 0. The molecule has 0 spiro atoms. The predicted molar refractivity (Wildman–Crippen MR) is 64.3 cm³/mol. The van der Waals surface area contributed by atoms with Crippen LogP contribution >= 0.6 is 0 Å². The fourth-order valence-corrected chi connectivity index (χ4v) is 1.51. The van der Waals surface area contributed by atoms with Crippen molar-refractivity contribution < 1.29 is 0 Å². The van der Waals surface area contributed by atoms with Crippen LogP contribution in [-0.4, -0.2) is 19.6 Å². The van der Waals surface area contributed by atoms with E-state index in [0.717, 1.165) is 25.6 Å². The zero-order valence-electron chi connectivity index (χ0n) is 10.3. The zero-order chi connectivity index (χ0) is 11.0. The first kappa shape index (κ1) is 13.9. The van der Waals surface area contributed by atoms with Crippen LogP contribution in [0.4, 0.5) is 0 Å². The fourth-order valence-electron chi connectivity index (χ4n) is 1.51. The molecule has 0 aliphatic heterocycles. The van der Waals surface area contributed by atoms with Crippen molar-refractivity contribution >= 4 is 0 Å². The van der Waals surface area contributed by atoms with Crippen LogP contribution < -0.4 is 11.1 Å². The summed E-state index contributed by atoms with van der Waals surface area (Å²) in [5.74, 6) is 2.15. The van der Waals surface area contributed by atoms with E-state index in [9.17, 15) is 0 Å². The summed E-state index contributed by atoms with van der Waals surface area (Å²) in [7, 11) is 0. The van der Waals surface area contributed by atoms with Gasteiger partial charge in [0.05, 0.1) is 0 Å². The minimum Gasteiger partial charge on any atom is -0.330 e. The topological polar surface area (TPSA) is 38.0 Å². The highest BCUT2D eigenvalue weighted by atomic mass is 14.9. The Hall–Kier alpha value is -0.0800. The summed E-state index contributed by atoms with van der Waals surface area (Å²) in [5, 5.41) is 3.49. The first-order valence-corrected chi connectivity index (χ1v) is 5.98. The lowest BCUT2D eigenvalue weighted by molar-refractivity contribution is 0.367. The van der Waals surface area contributed by atoms with Crippen molar-refractivity contribution in [1.29, 1.82) is 0 Å². The molecule has 0 amide bonds. The van der Waals surface area contributed by atoms with Crippen molar-refractivity contribution in [2.45, 2.75) is 40.5 Å². The standard InChI is InChI=1S/C12H28N2/c1-10(2)6-5-7-14-9-12(8-13)11(3)4/h10-12,14H,5-9,13H2,1-4H3. The van der Waals surface area contributed by atoms with Gasteiger partial charge in [-0.1, -0.05) is 27.7 Å². The van der Waals surface area contributed by atoms with Crippen LogP contribution in [0.2, 0.25) is 0 Å². The molecule has 0 aromatic rings. The van der Waals surface area contributed by atoms with Crippen molar-refractivity contribution in [2.75, 3.05) is 19.6 Å². The molecule has 14 heavy (non-hydrogen) atoms. The van der Waals surface area contributed by atoms with Gasteiger partial charge in [0.25, 0.3) is 0 Å². The largest absolute Gasteiger partial charge is 0.330 e. The SMILES string of the molecule is CC(C)CCCNCC(CN)C(C)C. The molecule has 2 heteroatoms. The van der Waals surface area contributed by atoms with Crippen molar-refractivity contribution in [1.82, 2.24) is 5.32 Å². The van der Waals surface area contributed by atoms with Gasteiger partial charge in [0, 0.05) is 0 Å². The number of hydrogen-bond donors (Lipinski definition) is 2. The molecule has 0 radical (unpaired) electrons. The quantitative estimate of drug-likeness (QED) is 0.590. The van der Waals surface area contributed by atoms with Gasteiger partial charge < -0.3 is 11.1 Å². The van der Waals surface area contributed by atoms with Gasteiger partial charge in [-0.05, 0) is 50.2 Å². The molecule has 0 fully saturated rings. The third-order valence-corrected chi connectivity index (χ3v) is 2.79. The molecular formula is C12H28N2. The van der Waals surface area contributed by atoms with Gasteiger partial charge in [-0.15, -0.1) is 0 Å². The molecule has 0 aromatic carbocycles. The second-order valence-electron chi connectivity index (χ2n) is 4.98. The fraction of sp³-hybridized carbons (Fsp3) is 1.00. The van der Waals surface area contributed by atoms with E-state index in [1.54, 1.807) is 0 Å². The van der Waals surface area contributed by atoms with E-state index in [1.807, 2.05) is 0 Å². The zero-order valence-corrected chi connectivity index (χ0v) is 10.3.